The van der Waals surface area contributed by atoms with Gasteiger partial charge in [-0.05, 0) is 0 Å². The monoisotopic (exact) mass is 415 g/mol. The molecule has 30 heavy (non-hydrogen) atoms. The number of carbonyl (C=O) groups excluding carboxylic acids is 2. The molecule has 0 unspecified atom stereocenters. The van der Waals surface area contributed by atoms with E-state index in [0.717, 1.165) is 11.6 Å². The maximum atomic E-state index is 12.6. The maximum absolute atomic E-state index is 12.6. The van der Waals surface area contributed by atoms with Gasteiger partial charge in [-0.2, -0.15) is 0 Å². The molecule has 0 aliphatic rings. The van der Waals surface area contributed by atoms with Gasteiger partial charge in [0.05, 0.1) is 38.2 Å². The van der Waals surface area contributed by atoms with Crippen molar-refractivity contribution in [2.24, 2.45) is 0 Å². The van der Waals surface area contributed by atoms with E-state index in [1.807, 2.05) is 30.3 Å². The van der Waals surface area contributed by atoms with Crippen LogP contribution in [0.25, 0.3) is 11.4 Å². The van der Waals surface area contributed by atoms with Crippen molar-refractivity contribution in [3.8, 4) is 11.4 Å². The molecule has 0 aliphatic carbocycles. The highest BCUT2D eigenvalue weighted by Crippen LogP contribution is 2.16. The number of likely N-dealkylation sites (N-methyl/N-ethyl adjacent to an activating group) is 1. The minimum Gasteiger partial charge on any atom is -0.466 e. The van der Waals surface area contributed by atoms with E-state index in [9.17, 15) is 14.4 Å². The lowest BCUT2D eigenvalue weighted by Gasteiger charge is -2.21. The first-order valence-electron chi connectivity index (χ1n) is 9.16. The normalized spacial score (nSPS) is 11.1. The molecule has 0 spiro atoms. The van der Waals surface area contributed by atoms with Crippen molar-refractivity contribution in [2.45, 2.75) is 13.0 Å². The number of carbonyl (C=O) groups is 2. The Morgan fingerprint density at radius 2 is 1.83 bits per heavy atom. The Morgan fingerprint density at radius 3 is 2.43 bits per heavy atom. The fraction of sp³-hybridized carbons (Fsp3) is 0.333. The standard InChI is InChI=1S/C21H25N3O6/c1-24(17(21(27)30-4)12-18(25)29-3)11-10-16-15(13-28-2)20(26)23-19(22-16)14-8-6-5-7-9-14/h5-9,12H,10-11,13H2,1-4H3,(H,22,23,26)/b17-12+. The van der Waals surface area contributed by atoms with Gasteiger partial charge in [-0.1, -0.05) is 30.3 Å². The Kier molecular flexibility index (Phi) is 8.30. The lowest BCUT2D eigenvalue weighted by atomic mass is 10.1. The van der Waals surface area contributed by atoms with Gasteiger partial charge in [0.1, 0.15) is 11.5 Å². The summed E-state index contributed by atoms with van der Waals surface area (Å²) in [6.45, 7) is 0.387. The van der Waals surface area contributed by atoms with Crippen molar-refractivity contribution >= 4 is 11.9 Å². The van der Waals surface area contributed by atoms with Gasteiger partial charge < -0.3 is 24.1 Å². The molecule has 160 valence electrons. The van der Waals surface area contributed by atoms with Crippen LogP contribution < -0.4 is 5.56 Å². The summed E-state index contributed by atoms with van der Waals surface area (Å²) in [5.41, 5.74) is 1.46. The Bertz CT molecular complexity index is 968. The number of nitrogens with one attached hydrogen (secondary N) is 1. The third-order valence-corrected chi connectivity index (χ3v) is 4.38. The average molecular weight is 415 g/mol. The van der Waals surface area contributed by atoms with Crippen LogP contribution in [0, 0.1) is 0 Å². The molecule has 0 bridgehead atoms. The van der Waals surface area contributed by atoms with Gasteiger partial charge in [0.2, 0.25) is 0 Å². The highest BCUT2D eigenvalue weighted by molar-refractivity contribution is 5.95. The number of rotatable bonds is 9. The lowest BCUT2D eigenvalue weighted by molar-refractivity contribution is -0.139. The number of ether oxygens (including phenoxy) is 3. The van der Waals surface area contributed by atoms with E-state index in [1.165, 1.54) is 21.3 Å². The largest absolute Gasteiger partial charge is 0.466 e. The van der Waals surface area contributed by atoms with E-state index < -0.39 is 11.9 Å². The molecule has 1 N–H and O–H groups in total. The van der Waals surface area contributed by atoms with Crippen molar-refractivity contribution in [2.75, 3.05) is 34.9 Å². The SMILES string of the molecule is COCc1c(CCN(C)/C(=C/C(=O)OC)C(=O)OC)nc(-c2ccccc2)[nH]c1=O. The van der Waals surface area contributed by atoms with E-state index in [-0.39, 0.29) is 17.9 Å². The van der Waals surface area contributed by atoms with Crippen molar-refractivity contribution in [3.05, 3.63) is 63.7 Å². The molecule has 1 aromatic carbocycles. The van der Waals surface area contributed by atoms with Crippen LogP contribution in [-0.4, -0.2) is 61.7 Å². The molecule has 2 aromatic rings. The first-order valence-corrected chi connectivity index (χ1v) is 9.16. The zero-order valence-electron chi connectivity index (χ0n) is 17.4. The summed E-state index contributed by atoms with van der Waals surface area (Å²) in [5, 5.41) is 0. The maximum Gasteiger partial charge on any atom is 0.354 e. The minimum absolute atomic E-state index is 0.0331. The summed E-state index contributed by atoms with van der Waals surface area (Å²) >= 11 is 0. The fourth-order valence-electron chi connectivity index (χ4n) is 2.77. The molecule has 9 heteroatoms. The second-order valence-corrected chi connectivity index (χ2v) is 6.35. The van der Waals surface area contributed by atoms with E-state index >= 15 is 0 Å². The number of benzene rings is 1. The van der Waals surface area contributed by atoms with Crippen molar-refractivity contribution in [1.29, 1.82) is 0 Å². The van der Waals surface area contributed by atoms with Crippen LogP contribution in [0.5, 0.6) is 0 Å². The number of hydrogen-bond donors (Lipinski definition) is 1. The molecule has 1 aromatic heterocycles. The number of esters is 2. The first kappa shape index (κ1) is 22.8. The lowest BCUT2D eigenvalue weighted by Crippen LogP contribution is -2.29. The van der Waals surface area contributed by atoms with Crippen LogP contribution in [0.15, 0.2) is 46.9 Å². The molecule has 0 saturated heterocycles. The van der Waals surface area contributed by atoms with E-state index in [4.69, 9.17) is 9.47 Å². The van der Waals surface area contributed by atoms with Gasteiger partial charge in [-0.25, -0.2) is 14.6 Å². The zero-order valence-corrected chi connectivity index (χ0v) is 17.4. The summed E-state index contributed by atoms with van der Waals surface area (Å²) < 4.78 is 14.5. The van der Waals surface area contributed by atoms with Gasteiger partial charge in [0.25, 0.3) is 5.56 Å². The number of aromatic nitrogens is 2. The number of hydrogen-bond acceptors (Lipinski definition) is 8. The second kappa shape index (κ2) is 10.9. The van der Waals surface area contributed by atoms with Gasteiger partial charge in [-0.3, -0.25) is 4.79 Å². The van der Waals surface area contributed by atoms with Crippen LogP contribution in [0.3, 0.4) is 0 Å². The molecule has 0 atom stereocenters. The number of H-pyrrole nitrogens is 1. The topological polar surface area (TPSA) is 111 Å². The molecule has 0 aliphatic heterocycles. The highest BCUT2D eigenvalue weighted by atomic mass is 16.5. The molecule has 0 amide bonds. The summed E-state index contributed by atoms with van der Waals surface area (Å²) in [7, 11) is 5.57. The van der Waals surface area contributed by atoms with Crippen LogP contribution in [0.2, 0.25) is 0 Å². The summed E-state index contributed by atoms with van der Waals surface area (Å²) in [4.78, 5) is 45.2. The third kappa shape index (κ3) is 5.77. The Labute approximate surface area is 174 Å². The molecule has 0 saturated carbocycles. The summed E-state index contributed by atoms with van der Waals surface area (Å²) in [6, 6.07) is 9.27. The Balaban J connectivity index is 2.34. The van der Waals surface area contributed by atoms with Gasteiger partial charge in [0, 0.05) is 32.7 Å². The molecule has 0 fully saturated rings. The smallest absolute Gasteiger partial charge is 0.354 e. The predicted octanol–water partition coefficient (Wildman–Crippen LogP) is 1.29. The average Bonchev–Trinajstić information content (AvgIpc) is 2.77. The van der Waals surface area contributed by atoms with E-state index in [0.29, 0.717) is 30.0 Å². The van der Waals surface area contributed by atoms with Gasteiger partial charge in [0.15, 0.2) is 0 Å². The third-order valence-electron chi connectivity index (χ3n) is 4.38. The van der Waals surface area contributed by atoms with Gasteiger partial charge in [-0.15, -0.1) is 0 Å². The zero-order chi connectivity index (χ0) is 22.1. The van der Waals surface area contributed by atoms with Crippen LogP contribution in [0.4, 0.5) is 0 Å². The van der Waals surface area contributed by atoms with Crippen LogP contribution in [0.1, 0.15) is 11.3 Å². The Morgan fingerprint density at radius 1 is 1.13 bits per heavy atom. The van der Waals surface area contributed by atoms with Crippen molar-refractivity contribution < 1.29 is 23.8 Å². The molecule has 0 radical (unpaired) electrons. The quantitative estimate of drug-likeness (QED) is 0.482. The second-order valence-electron chi connectivity index (χ2n) is 6.35. The van der Waals surface area contributed by atoms with E-state index in [1.54, 1.807) is 11.9 Å². The number of nitrogens with zero attached hydrogens (tertiary/aromatic N) is 2. The molecule has 2 rings (SSSR count). The molecule has 1 heterocycles. The predicted molar refractivity (Wildman–Crippen MR) is 109 cm³/mol. The molecule has 9 nitrogen and oxygen atoms in total. The minimum atomic E-state index is -0.678. The van der Waals surface area contributed by atoms with Gasteiger partial charge >= 0.3 is 11.9 Å². The summed E-state index contributed by atoms with van der Waals surface area (Å²) in [5.74, 6) is -0.914. The Hall–Kier alpha value is -3.46. The summed E-state index contributed by atoms with van der Waals surface area (Å²) in [6.07, 6.45) is 1.39. The van der Waals surface area contributed by atoms with Crippen molar-refractivity contribution in [1.82, 2.24) is 14.9 Å². The molecular formula is C21H25N3O6. The first-order chi connectivity index (χ1) is 14.4. The number of aromatic amines is 1. The van der Waals surface area contributed by atoms with Crippen LogP contribution in [-0.2, 0) is 36.8 Å². The fourth-order valence-corrected chi connectivity index (χ4v) is 2.77. The van der Waals surface area contributed by atoms with E-state index in [2.05, 4.69) is 14.7 Å². The van der Waals surface area contributed by atoms with Crippen LogP contribution >= 0.6 is 0 Å². The highest BCUT2D eigenvalue weighted by Gasteiger charge is 2.19. The number of methoxy groups -OCH3 is 3. The van der Waals surface area contributed by atoms with Crippen molar-refractivity contribution in [3.63, 3.8) is 0 Å². The molecular weight excluding hydrogens is 390 g/mol.